The molecular weight excluding hydrogens is 238 g/mol. The summed E-state index contributed by atoms with van der Waals surface area (Å²) < 4.78 is 0. The van der Waals surface area contributed by atoms with Crippen LogP contribution in [0.3, 0.4) is 0 Å². The second-order valence-electron chi connectivity index (χ2n) is 3.70. The van der Waals surface area contributed by atoms with Crippen molar-refractivity contribution in [1.29, 1.82) is 0 Å². The van der Waals surface area contributed by atoms with Crippen molar-refractivity contribution >= 4 is 29.1 Å². The third kappa shape index (κ3) is 1.79. The Hall–Kier alpha value is -1.12. The van der Waals surface area contributed by atoms with Crippen LogP contribution in [-0.4, -0.2) is 0 Å². The summed E-state index contributed by atoms with van der Waals surface area (Å²) in [6.45, 7) is 0.833. The molecule has 0 bridgehead atoms. The summed E-state index contributed by atoms with van der Waals surface area (Å²) in [6, 6.07) is 14.4. The van der Waals surface area contributed by atoms with Crippen LogP contribution in [0.5, 0.6) is 0 Å². The lowest BCUT2D eigenvalue weighted by Gasteiger charge is -2.04. The fourth-order valence-electron chi connectivity index (χ4n) is 1.80. The van der Waals surface area contributed by atoms with Crippen LogP contribution >= 0.6 is 23.4 Å². The molecule has 2 aromatic rings. The first-order valence-corrected chi connectivity index (χ1v) is 6.31. The highest BCUT2D eigenvalue weighted by molar-refractivity contribution is 7.99. The molecule has 0 amide bonds. The Morgan fingerprint density at radius 3 is 2.88 bits per heavy atom. The Morgan fingerprint density at radius 2 is 1.94 bits per heavy atom. The largest absolute Gasteiger partial charge is 0.380 e. The Labute approximate surface area is 104 Å². The average Bonchev–Trinajstić information content (AvgIpc) is 2.48. The Morgan fingerprint density at radius 1 is 1.06 bits per heavy atom. The molecule has 0 spiro atoms. The van der Waals surface area contributed by atoms with Gasteiger partial charge in [-0.05, 0) is 35.9 Å². The van der Waals surface area contributed by atoms with Crippen molar-refractivity contribution in [2.45, 2.75) is 16.3 Å². The number of anilines is 1. The predicted octanol–water partition coefficient (Wildman–Crippen LogP) is 4.42. The number of fused-ring (bicyclic) bond motifs is 2. The number of nitrogens with one attached hydrogen (secondary N) is 1. The van der Waals surface area contributed by atoms with Gasteiger partial charge in [-0.2, -0.15) is 0 Å². The van der Waals surface area contributed by atoms with Gasteiger partial charge in [-0.15, -0.1) is 0 Å². The van der Waals surface area contributed by atoms with Gasteiger partial charge in [0.1, 0.15) is 0 Å². The molecule has 3 rings (SSSR count). The Bertz CT molecular complexity index is 539. The summed E-state index contributed by atoms with van der Waals surface area (Å²) in [5.74, 6) is 0. The molecule has 1 nitrogen and oxygen atoms in total. The molecule has 0 unspecified atom stereocenters. The minimum atomic E-state index is 0.798. The lowest BCUT2D eigenvalue weighted by atomic mass is 10.2. The van der Waals surface area contributed by atoms with Gasteiger partial charge in [-0.25, -0.2) is 0 Å². The second kappa shape index (κ2) is 4.04. The van der Waals surface area contributed by atoms with Crippen LogP contribution in [0.25, 0.3) is 0 Å². The molecule has 0 fully saturated rings. The maximum absolute atomic E-state index is 6.00. The van der Waals surface area contributed by atoms with Crippen LogP contribution in [0.4, 0.5) is 5.69 Å². The normalized spacial score (nSPS) is 13.3. The molecule has 0 aromatic heterocycles. The number of hydrogen-bond acceptors (Lipinski definition) is 2. The second-order valence-corrected chi connectivity index (χ2v) is 5.22. The standard InChI is InChI=1S/C13H10ClNS/c14-10-5-6-12-9(7-10)8-15-11-3-1-2-4-13(11)16-12/h1-7,15H,8H2. The first-order valence-electron chi connectivity index (χ1n) is 5.12. The van der Waals surface area contributed by atoms with Crippen LogP contribution in [-0.2, 0) is 6.54 Å². The first-order chi connectivity index (χ1) is 7.83. The molecule has 0 saturated carbocycles. The first kappa shape index (κ1) is 10.1. The monoisotopic (exact) mass is 247 g/mol. The number of rotatable bonds is 0. The van der Waals surface area contributed by atoms with Crippen molar-refractivity contribution in [3.05, 3.63) is 53.1 Å². The van der Waals surface area contributed by atoms with Crippen molar-refractivity contribution in [1.82, 2.24) is 0 Å². The third-order valence-electron chi connectivity index (χ3n) is 2.60. The molecule has 3 heteroatoms. The molecule has 1 aliphatic rings. The zero-order valence-electron chi connectivity index (χ0n) is 8.53. The van der Waals surface area contributed by atoms with Crippen LogP contribution in [0.2, 0.25) is 5.02 Å². The van der Waals surface area contributed by atoms with Crippen LogP contribution in [0.15, 0.2) is 52.3 Å². The topological polar surface area (TPSA) is 12.0 Å². The lowest BCUT2D eigenvalue weighted by Crippen LogP contribution is -1.98. The Balaban J connectivity index is 2.08. The van der Waals surface area contributed by atoms with Gasteiger partial charge in [0.2, 0.25) is 0 Å². The van der Waals surface area contributed by atoms with Gasteiger partial charge in [0.25, 0.3) is 0 Å². The molecule has 0 radical (unpaired) electrons. The summed E-state index contributed by atoms with van der Waals surface area (Å²) in [5, 5.41) is 4.23. The van der Waals surface area contributed by atoms with E-state index in [1.165, 1.54) is 21.0 Å². The van der Waals surface area contributed by atoms with Gasteiger partial charge in [0, 0.05) is 27.0 Å². The highest BCUT2D eigenvalue weighted by Crippen LogP contribution is 2.39. The van der Waals surface area contributed by atoms with E-state index in [0.29, 0.717) is 0 Å². The summed E-state index contributed by atoms with van der Waals surface area (Å²) in [5.41, 5.74) is 2.45. The van der Waals surface area contributed by atoms with Gasteiger partial charge in [-0.3, -0.25) is 0 Å². The zero-order chi connectivity index (χ0) is 11.0. The van der Waals surface area contributed by atoms with E-state index in [0.717, 1.165) is 11.6 Å². The Kier molecular flexibility index (Phi) is 2.54. The van der Waals surface area contributed by atoms with E-state index in [2.05, 4.69) is 35.6 Å². The van der Waals surface area contributed by atoms with Crippen molar-refractivity contribution in [3.63, 3.8) is 0 Å². The molecule has 80 valence electrons. The van der Waals surface area contributed by atoms with Crippen molar-refractivity contribution in [2.24, 2.45) is 0 Å². The van der Waals surface area contributed by atoms with E-state index in [-0.39, 0.29) is 0 Å². The van der Waals surface area contributed by atoms with E-state index in [4.69, 9.17) is 11.6 Å². The molecular formula is C13H10ClNS. The minimum Gasteiger partial charge on any atom is -0.380 e. The summed E-state index contributed by atoms with van der Waals surface area (Å²) in [6.07, 6.45) is 0. The SMILES string of the molecule is Clc1ccc2c(c1)CNc1ccccc1S2. The fraction of sp³-hybridized carbons (Fsp3) is 0.0769. The van der Waals surface area contributed by atoms with Crippen molar-refractivity contribution in [3.8, 4) is 0 Å². The van der Waals surface area contributed by atoms with E-state index < -0.39 is 0 Å². The summed E-state index contributed by atoms with van der Waals surface area (Å²) in [7, 11) is 0. The van der Waals surface area contributed by atoms with Crippen LogP contribution < -0.4 is 5.32 Å². The minimum absolute atomic E-state index is 0.798. The third-order valence-corrected chi connectivity index (χ3v) is 4.03. The van der Waals surface area contributed by atoms with Crippen LogP contribution in [0, 0.1) is 0 Å². The van der Waals surface area contributed by atoms with E-state index in [9.17, 15) is 0 Å². The molecule has 0 aliphatic carbocycles. The van der Waals surface area contributed by atoms with Gasteiger partial charge in [-0.1, -0.05) is 35.5 Å². The van der Waals surface area contributed by atoms with Gasteiger partial charge >= 0.3 is 0 Å². The van der Waals surface area contributed by atoms with Crippen molar-refractivity contribution < 1.29 is 0 Å². The maximum atomic E-state index is 6.00. The highest BCUT2D eigenvalue weighted by atomic mass is 35.5. The van der Waals surface area contributed by atoms with Gasteiger partial charge in [0.15, 0.2) is 0 Å². The number of hydrogen-bond donors (Lipinski definition) is 1. The highest BCUT2D eigenvalue weighted by Gasteiger charge is 2.12. The number of para-hydroxylation sites is 1. The fourth-order valence-corrected chi connectivity index (χ4v) is 3.02. The average molecular weight is 248 g/mol. The smallest absolute Gasteiger partial charge is 0.0484 e. The van der Waals surface area contributed by atoms with E-state index >= 15 is 0 Å². The quantitative estimate of drug-likeness (QED) is 0.740. The van der Waals surface area contributed by atoms with Crippen molar-refractivity contribution in [2.75, 3.05) is 5.32 Å². The lowest BCUT2D eigenvalue weighted by molar-refractivity contribution is 1.10. The van der Waals surface area contributed by atoms with Crippen LogP contribution in [0.1, 0.15) is 5.56 Å². The maximum Gasteiger partial charge on any atom is 0.0484 e. The predicted molar refractivity (Wildman–Crippen MR) is 69.3 cm³/mol. The van der Waals surface area contributed by atoms with E-state index in [1.54, 1.807) is 11.8 Å². The molecule has 0 atom stereocenters. The molecule has 0 saturated heterocycles. The number of benzene rings is 2. The van der Waals surface area contributed by atoms with Gasteiger partial charge in [0.05, 0.1) is 0 Å². The van der Waals surface area contributed by atoms with Gasteiger partial charge < -0.3 is 5.32 Å². The zero-order valence-corrected chi connectivity index (χ0v) is 10.1. The molecule has 16 heavy (non-hydrogen) atoms. The molecule has 1 N–H and O–H groups in total. The molecule has 1 aliphatic heterocycles. The molecule has 1 heterocycles. The summed E-state index contributed by atoms with van der Waals surface area (Å²) in [4.78, 5) is 2.55. The van der Waals surface area contributed by atoms with E-state index in [1.807, 2.05) is 12.1 Å². The number of halogens is 1. The summed E-state index contributed by atoms with van der Waals surface area (Å²) >= 11 is 7.80. The molecule has 2 aromatic carbocycles.